The number of ether oxygens (including phenoxy) is 3. The van der Waals surface area contributed by atoms with Gasteiger partial charge in [-0.1, -0.05) is 17.7 Å². The Morgan fingerprint density at radius 3 is 2.72 bits per heavy atom. The fourth-order valence-electron chi connectivity index (χ4n) is 3.93. The zero-order valence-corrected chi connectivity index (χ0v) is 20.5. The molecule has 4 rings (SSSR count). The van der Waals surface area contributed by atoms with Crippen molar-refractivity contribution in [2.45, 2.75) is 45.3 Å². The number of esters is 1. The Bertz CT molecular complexity index is 1150. The van der Waals surface area contributed by atoms with Crippen LogP contribution < -0.4 is 4.74 Å². The van der Waals surface area contributed by atoms with E-state index in [2.05, 4.69) is 6.07 Å². The van der Waals surface area contributed by atoms with Crippen LogP contribution in [0.25, 0.3) is 21.7 Å². The molecule has 0 bridgehead atoms. The number of nitrogens with zero attached hydrogens (tertiary/aromatic N) is 2. The SMILES string of the molecule is COC(=O)C(OC(C)(C)C)c1c(-c2ccc3c(c2)CCCO3)c(-c2ccc(Cl)s2)nn1C. The Morgan fingerprint density at radius 1 is 1.28 bits per heavy atom. The minimum atomic E-state index is -0.941. The standard InChI is InChI=1S/C24H27ClN2O4S/c1-24(2,3)31-22(23(28)29-5)21-19(15-8-9-16-14(13-15)7-6-12-30-16)20(26-27(21)4)17-10-11-18(25)32-17/h8-11,13,22H,6-7,12H2,1-5H3. The molecule has 8 heteroatoms. The molecule has 0 radical (unpaired) electrons. The summed E-state index contributed by atoms with van der Waals surface area (Å²) in [5, 5.41) is 4.80. The van der Waals surface area contributed by atoms with Gasteiger partial charge in [0.05, 0.1) is 34.2 Å². The maximum absolute atomic E-state index is 12.9. The highest BCUT2D eigenvalue weighted by molar-refractivity contribution is 7.19. The molecule has 1 aromatic carbocycles. The van der Waals surface area contributed by atoms with E-state index in [4.69, 9.17) is 30.9 Å². The van der Waals surface area contributed by atoms with Crippen molar-refractivity contribution in [3.8, 4) is 27.4 Å². The highest BCUT2D eigenvalue weighted by atomic mass is 35.5. The van der Waals surface area contributed by atoms with Crippen LogP contribution in [0.15, 0.2) is 30.3 Å². The first-order valence-corrected chi connectivity index (χ1v) is 11.7. The maximum atomic E-state index is 12.9. The summed E-state index contributed by atoms with van der Waals surface area (Å²) in [6.07, 6.45) is 0.975. The van der Waals surface area contributed by atoms with Crippen molar-refractivity contribution >= 4 is 28.9 Å². The molecule has 1 aliphatic heterocycles. The summed E-state index contributed by atoms with van der Waals surface area (Å²) in [5.74, 6) is 0.433. The second-order valence-electron chi connectivity index (χ2n) is 8.74. The van der Waals surface area contributed by atoms with Gasteiger partial charge >= 0.3 is 5.97 Å². The second kappa shape index (κ2) is 8.89. The van der Waals surface area contributed by atoms with Gasteiger partial charge in [-0.15, -0.1) is 11.3 Å². The predicted molar refractivity (Wildman–Crippen MR) is 126 cm³/mol. The lowest BCUT2D eigenvalue weighted by atomic mass is 9.95. The van der Waals surface area contributed by atoms with Crippen LogP contribution >= 0.6 is 22.9 Å². The van der Waals surface area contributed by atoms with Crippen LogP contribution in [0, 0.1) is 0 Å². The Balaban J connectivity index is 1.96. The Kier molecular flexibility index (Phi) is 6.34. The number of benzene rings is 1. The monoisotopic (exact) mass is 474 g/mol. The average Bonchev–Trinajstić information content (AvgIpc) is 3.33. The lowest BCUT2D eigenvalue weighted by Crippen LogP contribution is -2.29. The summed E-state index contributed by atoms with van der Waals surface area (Å²) in [6, 6.07) is 9.92. The number of aromatic nitrogens is 2. The fraction of sp³-hybridized carbons (Fsp3) is 0.417. The van der Waals surface area contributed by atoms with Gasteiger partial charge in [-0.05, 0) is 69.0 Å². The van der Waals surface area contributed by atoms with Crippen LogP contribution in [-0.2, 0) is 27.7 Å². The van der Waals surface area contributed by atoms with Crippen molar-refractivity contribution in [2.24, 2.45) is 7.05 Å². The molecular formula is C24H27ClN2O4S. The van der Waals surface area contributed by atoms with Crippen molar-refractivity contribution in [1.29, 1.82) is 0 Å². The first-order valence-electron chi connectivity index (χ1n) is 10.5. The van der Waals surface area contributed by atoms with Crippen molar-refractivity contribution in [3.63, 3.8) is 0 Å². The van der Waals surface area contributed by atoms with Crippen LogP contribution in [0.1, 0.15) is 44.6 Å². The van der Waals surface area contributed by atoms with Crippen LogP contribution in [-0.4, -0.2) is 35.1 Å². The first-order chi connectivity index (χ1) is 15.2. The van der Waals surface area contributed by atoms with E-state index in [0.717, 1.165) is 52.5 Å². The van der Waals surface area contributed by atoms with Gasteiger partial charge in [0.2, 0.25) is 0 Å². The number of aryl methyl sites for hydroxylation is 2. The van der Waals surface area contributed by atoms with E-state index < -0.39 is 17.7 Å². The minimum Gasteiger partial charge on any atom is -0.493 e. The normalized spacial score (nSPS) is 14.6. The maximum Gasteiger partial charge on any atom is 0.341 e. The molecule has 3 heterocycles. The molecule has 170 valence electrons. The summed E-state index contributed by atoms with van der Waals surface area (Å²) >= 11 is 7.69. The number of hydrogen-bond donors (Lipinski definition) is 0. The predicted octanol–water partition coefficient (Wildman–Crippen LogP) is 5.82. The first kappa shape index (κ1) is 22.8. The van der Waals surface area contributed by atoms with Gasteiger partial charge in [-0.3, -0.25) is 4.68 Å². The van der Waals surface area contributed by atoms with Crippen LogP contribution in [0.2, 0.25) is 4.34 Å². The van der Waals surface area contributed by atoms with Gasteiger partial charge in [0.15, 0.2) is 6.10 Å². The van der Waals surface area contributed by atoms with Crippen molar-refractivity contribution in [1.82, 2.24) is 9.78 Å². The van der Waals surface area contributed by atoms with Gasteiger partial charge in [0.25, 0.3) is 0 Å². The second-order valence-corrected chi connectivity index (χ2v) is 10.5. The number of rotatable bonds is 5. The number of hydrogen-bond acceptors (Lipinski definition) is 6. The molecular weight excluding hydrogens is 448 g/mol. The Morgan fingerprint density at radius 2 is 2.06 bits per heavy atom. The van der Waals surface area contributed by atoms with E-state index in [9.17, 15) is 4.79 Å². The van der Waals surface area contributed by atoms with Gasteiger partial charge in [0, 0.05) is 12.6 Å². The van der Waals surface area contributed by atoms with Crippen molar-refractivity contribution < 1.29 is 19.0 Å². The fourth-order valence-corrected chi connectivity index (χ4v) is 4.96. The molecule has 0 saturated heterocycles. The molecule has 0 amide bonds. The number of thiophene rings is 1. The molecule has 1 unspecified atom stereocenters. The molecule has 32 heavy (non-hydrogen) atoms. The zero-order valence-electron chi connectivity index (χ0n) is 18.9. The molecule has 0 fully saturated rings. The average molecular weight is 475 g/mol. The largest absolute Gasteiger partial charge is 0.493 e. The van der Waals surface area contributed by atoms with E-state index in [1.807, 2.05) is 52.1 Å². The molecule has 3 aromatic rings. The van der Waals surface area contributed by atoms with Gasteiger partial charge in [-0.2, -0.15) is 5.10 Å². The van der Waals surface area contributed by atoms with Crippen LogP contribution in [0.3, 0.4) is 0 Å². The van der Waals surface area contributed by atoms with Gasteiger partial charge < -0.3 is 14.2 Å². The highest BCUT2D eigenvalue weighted by Crippen LogP contribution is 2.43. The van der Waals surface area contributed by atoms with Gasteiger partial charge in [-0.25, -0.2) is 4.79 Å². The summed E-state index contributed by atoms with van der Waals surface area (Å²) in [6.45, 7) is 6.47. The van der Waals surface area contributed by atoms with Gasteiger partial charge in [0.1, 0.15) is 11.4 Å². The zero-order chi connectivity index (χ0) is 23.0. The number of carbonyl (C=O) groups is 1. The molecule has 1 atom stereocenters. The Labute approximate surface area is 197 Å². The van der Waals surface area contributed by atoms with E-state index in [0.29, 0.717) is 10.0 Å². The molecule has 0 saturated carbocycles. The third-order valence-electron chi connectivity index (χ3n) is 5.23. The number of carbonyl (C=O) groups excluding carboxylic acids is 1. The summed E-state index contributed by atoms with van der Waals surface area (Å²) in [5.41, 5.74) is 3.74. The van der Waals surface area contributed by atoms with E-state index >= 15 is 0 Å². The molecule has 0 spiro atoms. The van der Waals surface area contributed by atoms with E-state index in [-0.39, 0.29) is 0 Å². The number of methoxy groups -OCH3 is 1. The van der Waals surface area contributed by atoms with E-state index in [1.165, 1.54) is 18.4 Å². The number of fused-ring (bicyclic) bond motifs is 1. The van der Waals surface area contributed by atoms with Crippen molar-refractivity contribution in [2.75, 3.05) is 13.7 Å². The van der Waals surface area contributed by atoms with Crippen LogP contribution in [0.5, 0.6) is 5.75 Å². The third kappa shape index (κ3) is 4.56. The molecule has 6 nitrogen and oxygen atoms in total. The summed E-state index contributed by atoms with van der Waals surface area (Å²) < 4.78 is 19.5. The molecule has 0 N–H and O–H groups in total. The molecule has 1 aliphatic rings. The number of halogens is 1. The van der Waals surface area contributed by atoms with E-state index in [1.54, 1.807) is 4.68 Å². The quantitative estimate of drug-likeness (QED) is 0.436. The van der Waals surface area contributed by atoms with Crippen LogP contribution in [0.4, 0.5) is 0 Å². The smallest absolute Gasteiger partial charge is 0.341 e. The van der Waals surface area contributed by atoms with Crippen molar-refractivity contribution in [3.05, 3.63) is 45.9 Å². The highest BCUT2D eigenvalue weighted by Gasteiger charge is 2.35. The summed E-state index contributed by atoms with van der Waals surface area (Å²) in [4.78, 5) is 13.8. The minimum absolute atomic E-state index is 0.471. The molecule has 0 aliphatic carbocycles. The summed E-state index contributed by atoms with van der Waals surface area (Å²) in [7, 11) is 3.19. The third-order valence-corrected chi connectivity index (χ3v) is 6.47. The lowest BCUT2D eigenvalue weighted by Gasteiger charge is -2.27. The molecule has 2 aromatic heterocycles. The lowest BCUT2D eigenvalue weighted by molar-refractivity contribution is -0.165. The Hall–Kier alpha value is -2.35. The topological polar surface area (TPSA) is 62.6 Å².